The number of rotatable bonds is 6. The van der Waals surface area contributed by atoms with Crippen LogP contribution in [0.5, 0.6) is 0 Å². The number of nitrogens with zero attached hydrogens (tertiary/aromatic N) is 4. The minimum absolute atomic E-state index is 0.0774. The van der Waals surface area contributed by atoms with Gasteiger partial charge in [0.25, 0.3) is 5.56 Å². The van der Waals surface area contributed by atoms with Gasteiger partial charge in [-0.2, -0.15) is 0 Å². The third-order valence-electron chi connectivity index (χ3n) is 6.28. The Morgan fingerprint density at radius 1 is 1.09 bits per heavy atom. The SMILES string of the molecule is CC(C)NC(=O)Cn1c(-c2ccc(F)c(Cl)c2)nc2ccc(N3CCN(C(C)C)CC3)cc2c1=O. The highest BCUT2D eigenvalue weighted by atomic mass is 35.5. The topological polar surface area (TPSA) is 70.5 Å². The molecule has 4 rings (SSSR count). The number of piperazine rings is 1. The third kappa shape index (κ3) is 5.49. The number of amides is 1. The molecule has 2 aromatic carbocycles. The highest BCUT2D eigenvalue weighted by molar-refractivity contribution is 6.31. The van der Waals surface area contributed by atoms with Crippen LogP contribution in [0.4, 0.5) is 10.1 Å². The zero-order valence-electron chi connectivity index (χ0n) is 20.5. The van der Waals surface area contributed by atoms with Crippen LogP contribution in [-0.4, -0.2) is 58.6 Å². The van der Waals surface area contributed by atoms with E-state index in [0.29, 0.717) is 22.5 Å². The van der Waals surface area contributed by atoms with E-state index in [1.54, 1.807) is 0 Å². The molecule has 1 N–H and O–H groups in total. The first-order valence-electron chi connectivity index (χ1n) is 11.9. The summed E-state index contributed by atoms with van der Waals surface area (Å²) in [6.45, 7) is 11.5. The maximum Gasteiger partial charge on any atom is 0.262 e. The van der Waals surface area contributed by atoms with Crippen molar-refractivity contribution >= 4 is 34.1 Å². The first-order valence-corrected chi connectivity index (χ1v) is 12.3. The summed E-state index contributed by atoms with van der Waals surface area (Å²) >= 11 is 6.01. The first kappa shape index (κ1) is 25.1. The molecule has 0 saturated carbocycles. The molecule has 1 amide bonds. The fraction of sp³-hybridized carbons (Fsp3) is 0.423. The van der Waals surface area contributed by atoms with Crippen molar-refractivity contribution in [2.24, 2.45) is 0 Å². The molecule has 0 aliphatic carbocycles. The number of halogens is 2. The lowest BCUT2D eigenvalue weighted by atomic mass is 10.1. The highest BCUT2D eigenvalue weighted by Gasteiger charge is 2.21. The Morgan fingerprint density at radius 2 is 1.80 bits per heavy atom. The molecule has 9 heteroatoms. The quantitative estimate of drug-likeness (QED) is 0.557. The lowest BCUT2D eigenvalue weighted by molar-refractivity contribution is -0.122. The molecule has 1 aromatic heterocycles. The molecule has 0 radical (unpaired) electrons. The summed E-state index contributed by atoms with van der Waals surface area (Å²) in [6.07, 6.45) is 0. The Balaban J connectivity index is 1.78. The van der Waals surface area contributed by atoms with Gasteiger partial charge < -0.3 is 10.2 Å². The van der Waals surface area contributed by atoms with E-state index in [0.717, 1.165) is 31.9 Å². The summed E-state index contributed by atoms with van der Waals surface area (Å²) in [4.78, 5) is 35.7. The van der Waals surface area contributed by atoms with Crippen LogP contribution >= 0.6 is 11.6 Å². The van der Waals surface area contributed by atoms with Crippen LogP contribution in [0.3, 0.4) is 0 Å². The molecule has 1 fully saturated rings. The van der Waals surface area contributed by atoms with E-state index >= 15 is 0 Å². The molecule has 0 unspecified atom stereocenters. The summed E-state index contributed by atoms with van der Waals surface area (Å²) in [5, 5.41) is 3.17. The Bertz CT molecular complexity index is 1300. The molecule has 1 saturated heterocycles. The predicted molar refractivity (Wildman–Crippen MR) is 139 cm³/mol. The average Bonchev–Trinajstić information content (AvgIpc) is 2.82. The summed E-state index contributed by atoms with van der Waals surface area (Å²) in [5.74, 6) is -0.606. The van der Waals surface area contributed by atoms with E-state index in [-0.39, 0.29) is 34.9 Å². The van der Waals surface area contributed by atoms with Gasteiger partial charge in [0.1, 0.15) is 18.2 Å². The van der Waals surface area contributed by atoms with E-state index in [1.807, 2.05) is 32.0 Å². The van der Waals surface area contributed by atoms with Crippen molar-refractivity contribution < 1.29 is 9.18 Å². The molecule has 7 nitrogen and oxygen atoms in total. The second-order valence-corrected chi connectivity index (χ2v) is 9.90. The Morgan fingerprint density at radius 3 is 2.43 bits per heavy atom. The lowest BCUT2D eigenvalue weighted by Gasteiger charge is -2.38. The minimum Gasteiger partial charge on any atom is -0.369 e. The fourth-order valence-electron chi connectivity index (χ4n) is 4.42. The van der Waals surface area contributed by atoms with Crippen molar-refractivity contribution in [2.75, 3.05) is 31.1 Å². The zero-order valence-corrected chi connectivity index (χ0v) is 21.3. The van der Waals surface area contributed by atoms with Crippen LogP contribution in [0.15, 0.2) is 41.2 Å². The molecule has 1 aliphatic heterocycles. The van der Waals surface area contributed by atoms with Gasteiger partial charge >= 0.3 is 0 Å². The zero-order chi connectivity index (χ0) is 25.3. The molecule has 3 aromatic rings. The number of fused-ring (bicyclic) bond motifs is 1. The Kier molecular flexibility index (Phi) is 7.42. The number of aromatic nitrogens is 2. The number of hydrogen-bond donors (Lipinski definition) is 1. The van der Waals surface area contributed by atoms with Gasteiger partial charge in [0.05, 0.1) is 15.9 Å². The third-order valence-corrected chi connectivity index (χ3v) is 6.57. The molecule has 0 spiro atoms. The van der Waals surface area contributed by atoms with E-state index in [9.17, 15) is 14.0 Å². The average molecular weight is 500 g/mol. The fourth-order valence-corrected chi connectivity index (χ4v) is 4.60. The standard InChI is InChI=1S/C26H31ClFN5O2/c1-16(2)29-24(34)15-33-25(18-5-7-22(28)21(27)13-18)30-23-8-6-19(14-20(23)26(33)35)32-11-9-31(10-12-32)17(3)4/h5-8,13-14,16-17H,9-12,15H2,1-4H3,(H,29,34). The lowest BCUT2D eigenvalue weighted by Crippen LogP contribution is -2.48. The number of carbonyl (C=O) groups excluding carboxylic acids is 1. The van der Waals surface area contributed by atoms with Crippen LogP contribution < -0.4 is 15.8 Å². The van der Waals surface area contributed by atoms with Gasteiger partial charge in [-0.3, -0.25) is 19.1 Å². The number of carbonyl (C=O) groups is 1. The van der Waals surface area contributed by atoms with Gasteiger partial charge in [0.2, 0.25) is 5.91 Å². The molecule has 1 aliphatic rings. The van der Waals surface area contributed by atoms with Crippen LogP contribution in [0.25, 0.3) is 22.3 Å². The van der Waals surface area contributed by atoms with Crippen molar-refractivity contribution in [3.8, 4) is 11.4 Å². The largest absolute Gasteiger partial charge is 0.369 e. The smallest absolute Gasteiger partial charge is 0.262 e. The predicted octanol–water partition coefficient (Wildman–Crippen LogP) is 3.91. The number of benzene rings is 2. The van der Waals surface area contributed by atoms with Gasteiger partial charge in [0.15, 0.2) is 0 Å². The van der Waals surface area contributed by atoms with Crippen molar-refractivity contribution in [1.29, 1.82) is 0 Å². The molecular weight excluding hydrogens is 469 g/mol. The van der Waals surface area contributed by atoms with Gasteiger partial charge in [-0.25, -0.2) is 9.37 Å². The van der Waals surface area contributed by atoms with Gasteiger partial charge in [-0.1, -0.05) is 11.6 Å². The van der Waals surface area contributed by atoms with Gasteiger partial charge in [-0.05, 0) is 64.1 Å². The van der Waals surface area contributed by atoms with Crippen LogP contribution in [-0.2, 0) is 11.3 Å². The van der Waals surface area contributed by atoms with E-state index < -0.39 is 5.82 Å². The molecule has 0 bridgehead atoms. The summed E-state index contributed by atoms with van der Waals surface area (Å²) in [5.41, 5.74) is 1.60. The van der Waals surface area contributed by atoms with E-state index in [1.165, 1.54) is 22.8 Å². The van der Waals surface area contributed by atoms with Gasteiger partial charge in [-0.15, -0.1) is 0 Å². The number of anilines is 1. The van der Waals surface area contributed by atoms with Crippen molar-refractivity contribution in [3.05, 3.63) is 57.6 Å². The van der Waals surface area contributed by atoms with E-state index in [2.05, 4.69) is 29.0 Å². The Hall–Kier alpha value is -2.97. The normalized spacial score (nSPS) is 14.8. The molecule has 186 valence electrons. The number of nitrogens with one attached hydrogen (secondary N) is 1. The summed E-state index contributed by atoms with van der Waals surface area (Å²) in [6, 6.07) is 10.2. The summed E-state index contributed by atoms with van der Waals surface area (Å²) in [7, 11) is 0. The van der Waals surface area contributed by atoms with Crippen LogP contribution in [0, 0.1) is 5.82 Å². The maximum absolute atomic E-state index is 13.8. The van der Waals surface area contributed by atoms with Crippen molar-refractivity contribution in [1.82, 2.24) is 19.8 Å². The molecule has 2 heterocycles. The van der Waals surface area contributed by atoms with Gasteiger partial charge in [0, 0.05) is 49.5 Å². The molecule has 0 atom stereocenters. The monoisotopic (exact) mass is 499 g/mol. The second-order valence-electron chi connectivity index (χ2n) is 9.50. The minimum atomic E-state index is -0.565. The first-order chi connectivity index (χ1) is 16.6. The Labute approximate surface area is 209 Å². The molecule has 35 heavy (non-hydrogen) atoms. The van der Waals surface area contributed by atoms with E-state index in [4.69, 9.17) is 16.6 Å². The van der Waals surface area contributed by atoms with Crippen molar-refractivity contribution in [3.63, 3.8) is 0 Å². The van der Waals surface area contributed by atoms with Crippen LogP contribution in [0.2, 0.25) is 5.02 Å². The van der Waals surface area contributed by atoms with Crippen LogP contribution in [0.1, 0.15) is 27.7 Å². The maximum atomic E-state index is 13.8. The van der Waals surface area contributed by atoms with Crippen molar-refractivity contribution in [2.45, 2.75) is 46.3 Å². The number of hydrogen-bond acceptors (Lipinski definition) is 5. The highest BCUT2D eigenvalue weighted by Crippen LogP contribution is 2.26. The summed E-state index contributed by atoms with van der Waals surface area (Å²) < 4.78 is 15.1. The molecular formula is C26H31ClFN5O2. The second kappa shape index (κ2) is 10.3.